The number of rotatable bonds is 6. The van der Waals surface area contributed by atoms with Gasteiger partial charge in [-0.05, 0) is 430 Å². The van der Waals surface area contributed by atoms with Crippen molar-refractivity contribution >= 4 is 30.8 Å². The highest BCUT2D eigenvalue weighted by Crippen LogP contribution is 2.83. The molecule has 20 fully saturated rings. The smallest absolute Gasteiger partial charge is 0.293 e. The zero-order valence-electron chi connectivity index (χ0n) is 89.5. The van der Waals surface area contributed by atoms with Crippen LogP contribution in [-0.4, -0.2) is 121 Å². The van der Waals surface area contributed by atoms with E-state index in [9.17, 15) is 59.7 Å². The summed E-state index contributed by atoms with van der Waals surface area (Å²) in [6.45, 7) is 66.1. The number of ketones is 2. The van der Waals surface area contributed by atoms with Crippen LogP contribution in [-0.2, 0) is 33.4 Å². The van der Waals surface area contributed by atoms with Crippen LogP contribution in [0.15, 0.2) is 0 Å². The number of aliphatic hydroxyl groups excluding tert-OH is 7. The highest BCUT2D eigenvalue weighted by atomic mass is 16.5. The maximum Gasteiger partial charge on any atom is 0.293 e. The molecule has 0 radical (unpaired) electrons. The van der Waals surface area contributed by atoms with Gasteiger partial charge in [0, 0.05) is 48.0 Å². The first kappa shape index (κ1) is 102. The monoisotopic (exact) mass is 1850 g/mol. The molecule has 20 saturated carbocycles. The molecule has 0 spiro atoms. The second-order valence-corrected chi connectivity index (χ2v) is 61.0. The Bertz CT molecular complexity index is 4400. The molecule has 0 bridgehead atoms. The molecule has 0 aromatic heterocycles. The van der Waals surface area contributed by atoms with Gasteiger partial charge < -0.3 is 50.0 Å². The van der Waals surface area contributed by atoms with E-state index >= 15 is 0 Å². The molecule has 0 aromatic carbocycles. The van der Waals surface area contributed by atoms with Gasteiger partial charge in [0.1, 0.15) is 29.1 Å². The van der Waals surface area contributed by atoms with Gasteiger partial charge in [-0.3, -0.25) is 19.2 Å². The largest absolute Gasteiger partial charge is 0.461 e. The zero-order valence-corrected chi connectivity index (χ0v) is 89.5. The van der Waals surface area contributed by atoms with Gasteiger partial charge in [-0.1, -0.05) is 187 Å². The molecule has 38 atom stereocenters. The highest BCUT2D eigenvalue weighted by Gasteiger charge is 2.79. The lowest BCUT2D eigenvalue weighted by Crippen LogP contribution is -2.71. The second kappa shape index (κ2) is 32.6. The fourth-order valence-corrected chi connectivity index (χ4v) is 44.3. The standard InChI is InChI=1S/C30H50O4.C30H46O4.C30H50O3.C29H50O3/c2*1-25(2)12-14-30(34-18-31)15-13-29(7)24(19(30)17-25)20(32)16-22-27(5)10-9-23(33)26(3,4)21(27)8-11-28(22,29)6;1-25(2)12-14-30(18-31)15-13-29(7)24(19(30)17-25)20(32)16-22-27(5)10-9-23(33)26(3,4)21(27)8-11-28(22,29)6;1-25(2)13-14-29(17-30)12-7-18-24(19(29)16-25)20(31)15-22-27(18,5)10-8-21-26(3,4)23(32)9-11-28(21,22)6/h18-24,32-33H,8-17H2,1-7H3;18-19,21-22,24H,8-17H2,1-7H3;18-24,32-33H,8-17H2,1-7H3;18-24,30-32H,7-17H2,1-6H3/t19-,20+,21-,22+,23-,24-,27-,28+,29+,30-;19-,21-,22+,24-,27-,28+,29+,30-;19-,20+,21-,22+,23-,24-,27-,28+,29+,30+;18-,19+,20-,21+,22+,23+,24+,27+,28+,29+/m0001/s1. The van der Waals surface area contributed by atoms with E-state index in [1.807, 2.05) is 0 Å². The van der Waals surface area contributed by atoms with Crippen molar-refractivity contribution in [2.45, 2.75) is 492 Å². The summed E-state index contributed by atoms with van der Waals surface area (Å²) in [5.74, 6) is 6.85. The molecule has 0 saturated heterocycles. The van der Waals surface area contributed by atoms with Crippen molar-refractivity contribution in [3.63, 3.8) is 0 Å². The van der Waals surface area contributed by atoms with E-state index in [0.29, 0.717) is 120 Å². The molecule has 20 rings (SSSR count). The van der Waals surface area contributed by atoms with Crippen molar-refractivity contribution in [2.75, 3.05) is 6.61 Å². The van der Waals surface area contributed by atoms with Crippen LogP contribution in [0.25, 0.3) is 0 Å². The van der Waals surface area contributed by atoms with E-state index in [0.717, 1.165) is 199 Å². The summed E-state index contributed by atoms with van der Waals surface area (Å²) in [4.78, 5) is 63.1. The molecule has 0 aromatic rings. The van der Waals surface area contributed by atoms with E-state index in [2.05, 4.69) is 187 Å². The van der Waals surface area contributed by atoms with Gasteiger partial charge in [0.2, 0.25) is 0 Å². The number of ether oxygens (including phenoxy) is 2. The molecule has 0 aliphatic heterocycles. The van der Waals surface area contributed by atoms with Crippen LogP contribution in [0.1, 0.15) is 444 Å². The van der Waals surface area contributed by atoms with Gasteiger partial charge in [-0.15, -0.1) is 0 Å². The average molecular weight is 1850 g/mol. The number of carbonyl (C=O) groups is 5. The predicted molar refractivity (Wildman–Crippen MR) is 527 cm³/mol. The Morgan fingerprint density at radius 3 is 1.17 bits per heavy atom. The Morgan fingerprint density at radius 1 is 0.316 bits per heavy atom. The minimum absolute atomic E-state index is 0.0215. The van der Waals surface area contributed by atoms with Crippen molar-refractivity contribution in [1.82, 2.24) is 0 Å². The summed E-state index contributed by atoms with van der Waals surface area (Å²) in [6.07, 6.45) is 40.6. The molecule has 20 aliphatic rings. The second-order valence-electron chi connectivity index (χ2n) is 61.0. The van der Waals surface area contributed by atoms with E-state index in [4.69, 9.17) is 9.47 Å². The topological polar surface area (TPSA) is 245 Å². The molecule has 133 heavy (non-hydrogen) atoms. The van der Waals surface area contributed by atoms with Gasteiger partial charge in [-0.25, -0.2) is 0 Å². The van der Waals surface area contributed by atoms with Crippen LogP contribution in [0, 0.1) is 214 Å². The van der Waals surface area contributed by atoms with Crippen LogP contribution in [0.5, 0.6) is 0 Å². The van der Waals surface area contributed by atoms with E-state index < -0.39 is 11.2 Å². The summed E-state index contributed by atoms with van der Waals surface area (Å²) in [7, 11) is 0. The number of fused-ring (bicyclic) bond motifs is 28. The molecule has 756 valence electrons. The molecule has 20 aliphatic carbocycles. The minimum atomic E-state index is -0.472. The third kappa shape index (κ3) is 14.5. The zero-order chi connectivity index (χ0) is 97.5. The summed E-state index contributed by atoms with van der Waals surface area (Å²) in [6, 6.07) is 0. The van der Waals surface area contributed by atoms with Crippen LogP contribution >= 0.6 is 0 Å². The molecule has 0 unspecified atom stereocenters. The Balaban J connectivity index is 0.000000124. The van der Waals surface area contributed by atoms with Gasteiger partial charge in [0.15, 0.2) is 0 Å². The summed E-state index contributed by atoms with van der Waals surface area (Å²) in [5, 5.41) is 79.0. The first-order chi connectivity index (χ1) is 61.3. The number of aliphatic hydroxyl groups is 7. The number of carbonyl (C=O) groups excluding carboxylic acids is 5. The van der Waals surface area contributed by atoms with Gasteiger partial charge in [0.05, 0.1) is 36.6 Å². The van der Waals surface area contributed by atoms with Crippen LogP contribution < -0.4 is 0 Å². The van der Waals surface area contributed by atoms with Crippen molar-refractivity contribution in [3.05, 3.63) is 0 Å². The van der Waals surface area contributed by atoms with Crippen molar-refractivity contribution in [1.29, 1.82) is 0 Å². The molecular weight excluding hydrogens is 1650 g/mol. The number of Topliss-reactive ketones (excluding diaryl/α,β-unsaturated/α-hetero) is 2. The SMILES string of the molecule is CC1(C)CC[C@]2(C=O)CC[C@]3(C)[C@H]([C@H](O)C[C@@H]4[C@@]5(C)CC[C@H](O)C(C)(C)[C@@H]5CC[C@]43C)[C@@H]2C1.CC1(C)CC[C@]2(CO)CC[C@@H]3[C@H]([C@H](O)C[C@H]4[C@@]3(C)CC[C@H]3C(C)(C)[C@@H](O)CC[C@]43C)[C@@H]2C1.CC1(C)CC[C@]2(OC=O)CC[C@]3(C)[C@H](C(=O)C[C@@H]4[C@@]5(C)CCC(=O)C(C)(C)[C@@H]5CC[C@]43C)[C@@H]2C1.CC1(C)CC[C@]2(OC=O)CC[C@]3(C)[C@H]([C@H](O)C[C@@H]4[C@@]5(C)CC[C@H](O)C(C)(C)[C@@H]5CC[C@]43C)[C@@H]2C1. The van der Waals surface area contributed by atoms with E-state index in [1.54, 1.807) is 0 Å². The first-order valence-corrected chi connectivity index (χ1v) is 55.8. The van der Waals surface area contributed by atoms with Crippen LogP contribution in [0.4, 0.5) is 0 Å². The Labute approximate surface area is 807 Å². The minimum Gasteiger partial charge on any atom is -0.461 e. The van der Waals surface area contributed by atoms with Crippen LogP contribution in [0.3, 0.4) is 0 Å². The maximum absolute atomic E-state index is 14.3. The van der Waals surface area contributed by atoms with Crippen molar-refractivity contribution in [3.8, 4) is 0 Å². The number of aldehydes is 1. The quantitative estimate of drug-likeness (QED) is 0.122. The molecule has 14 nitrogen and oxygen atoms in total. The van der Waals surface area contributed by atoms with Gasteiger partial charge in [-0.2, -0.15) is 0 Å². The summed E-state index contributed by atoms with van der Waals surface area (Å²) >= 11 is 0. The van der Waals surface area contributed by atoms with Gasteiger partial charge in [0.25, 0.3) is 12.9 Å². The third-order valence-electron chi connectivity index (χ3n) is 52.8. The van der Waals surface area contributed by atoms with Crippen molar-refractivity contribution in [2.24, 2.45) is 214 Å². The molecule has 0 heterocycles. The highest BCUT2D eigenvalue weighted by molar-refractivity contribution is 5.87. The lowest BCUT2D eigenvalue weighted by atomic mass is 9.31. The Hall–Kier alpha value is -2.33. The fourth-order valence-electron chi connectivity index (χ4n) is 44.3. The molecule has 7 N–H and O–H groups in total. The lowest BCUT2D eigenvalue weighted by Gasteiger charge is -2.74. The first-order valence-electron chi connectivity index (χ1n) is 55.8. The predicted octanol–water partition coefficient (Wildman–Crippen LogP) is 24.9. The van der Waals surface area contributed by atoms with Crippen molar-refractivity contribution < 1.29 is 69.2 Å². The number of hydrogen-bond acceptors (Lipinski definition) is 14. The molecular formula is C119H196O14. The van der Waals surface area contributed by atoms with E-state index in [-0.39, 0.29) is 175 Å². The maximum atomic E-state index is 14.3. The lowest BCUT2D eigenvalue weighted by molar-refractivity contribution is -0.288. The van der Waals surface area contributed by atoms with E-state index in [1.165, 1.54) is 51.2 Å². The summed E-state index contributed by atoms with van der Waals surface area (Å²) < 4.78 is 12.0. The van der Waals surface area contributed by atoms with Gasteiger partial charge >= 0.3 is 0 Å². The van der Waals surface area contributed by atoms with Crippen LogP contribution in [0.2, 0.25) is 0 Å². The number of hydrogen-bond donors (Lipinski definition) is 7. The Morgan fingerprint density at radius 2 is 0.684 bits per heavy atom. The summed E-state index contributed by atoms with van der Waals surface area (Å²) in [5.41, 5.74) is 0.584. The third-order valence-corrected chi connectivity index (χ3v) is 52.8. The molecule has 0 amide bonds. The fraction of sp³-hybridized carbons (Fsp3) is 0.958. The normalized spacial score (nSPS) is 55.1. The molecule has 14 heteroatoms. The Kier molecular flexibility index (Phi) is 25.0. The average Bonchev–Trinajstić information content (AvgIpc) is 0.685.